The first-order chi connectivity index (χ1) is 22.0. The Morgan fingerprint density at radius 1 is 1.15 bits per heavy atom. The minimum atomic E-state index is -0.663. The molecule has 1 unspecified atom stereocenters. The number of aromatic nitrogens is 2. The lowest BCUT2D eigenvalue weighted by Gasteiger charge is -2.40. The number of ether oxygens (including phenoxy) is 3. The number of fused-ring (bicyclic) bond motifs is 1. The lowest BCUT2D eigenvalue weighted by molar-refractivity contribution is -0.0366. The van der Waals surface area contributed by atoms with Crippen molar-refractivity contribution in [3.8, 4) is 0 Å². The van der Waals surface area contributed by atoms with Crippen molar-refractivity contribution in [1.29, 1.82) is 0 Å². The van der Waals surface area contributed by atoms with Crippen LogP contribution in [0.3, 0.4) is 0 Å². The number of halogens is 1. The fourth-order valence-electron chi connectivity index (χ4n) is 6.25. The van der Waals surface area contributed by atoms with Gasteiger partial charge in [-0.05, 0) is 106 Å². The number of alkyl carbamates (subject to hydrolysis) is 1. The van der Waals surface area contributed by atoms with Crippen LogP contribution in [0.25, 0.3) is 17.0 Å². The lowest BCUT2D eigenvalue weighted by Crippen LogP contribution is -2.58. The third-order valence-electron chi connectivity index (χ3n) is 9.41. The maximum Gasteiger partial charge on any atom is 0.496 e. The molecule has 47 heavy (non-hydrogen) atoms. The van der Waals surface area contributed by atoms with Crippen LogP contribution in [0.5, 0.6) is 0 Å². The summed E-state index contributed by atoms with van der Waals surface area (Å²) in [5.74, 6) is 0. The van der Waals surface area contributed by atoms with Crippen LogP contribution in [0.4, 0.5) is 9.59 Å². The number of likely N-dealkylation sites (tertiary alicyclic amines) is 1. The van der Waals surface area contributed by atoms with Crippen LogP contribution in [0.15, 0.2) is 18.3 Å². The number of piperidine rings is 1. The van der Waals surface area contributed by atoms with E-state index in [1.807, 2.05) is 84.5 Å². The first-order valence-corrected chi connectivity index (χ1v) is 17.1. The highest BCUT2D eigenvalue weighted by Gasteiger charge is 2.53. The molecule has 0 bridgehead atoms. The van der Waals surface area contributed by atoms with Crippen LogP contribution in [-0.4, -0.2) is 82.6 Å². The van der Waals surface area contributed by atoms with Crippen molar-refractivity contribution >= 4 is 53.3 Å². The van der Waals surface area contributed by atoms with E-state index in [4.69, 9.17) is 40.2 Å². The van der Waals surface area contributed by atoms with Crippen molar-refractivity contribution in [2.45, 2.75) is 122 Å². The molecule has 2 amide bonds. The fraction of sp³-hybridized carbons (Fsp3) is 0.676. The highest BCUT2D eigenvalue weighted by atomic mass is 35.5. The minimum Gasteiger partial charge on any atom is -0.449 e. The van der Waals surface area contributed by atoms with Crippen molar-refractivity contribution in [2.75, 3.05) is 26.3 Å². The van der Waals surface area contributed by atoms with Crippen molar-refractivity contribution in [2.24, 2.45) is 0 Å². The summed E-state index contributed by atoms with van der Waals surface area (Å²) in [5, 5.41) is 9.11. The summed E-state index contributed by atoms with van der Waals surface area (Å²) in [6.45, 7) is 17.3. The number of carbonyl (C=O) groups is 2. The van der Waals surface area contributed by atoms with Crippen molar-refractivity contribution < 1.29 is 33.1 Å². The number of nitrogens with zero attached hydrogens (tertiary/aromatic N) is 3. The SMILES string of the molecule is CC(C)(C)OC(=O)N1CCC[C@@](C)(NC(=O)OCC/C=C\c2c(Cl)cc3c(cnn3C3CCCCO3)c2B2OC(C)(C)C(C)(C)O2)C1. The Labute approximate surface area is 283 Å². The second kappa shape index (κ2) is 13.6. The predicted octanol–water partition coefficient (Wildman–Crippen LogP) is 6.61. The normalized spacial score (nSPS) is 24.6. The van der Waals surface area contributed by atoms with Crippen molar-refractivity contribution in [1.82, 2.24) is 20.0 Å². The molecular weight excluding hydrogens is 623 g/mol. The minimum absolute atomic E-state index is 0.149. The summed E-state index contributed by atoms with van der Waals surface area (Å²) in [5.41, 5.74) is 0.149. The second-order valence-electron chi connectivity index (χ2n) is 15.1. The molecule has 0 spiro atoms. The van der Waals surface area contributed by atoms with E-state index in [-0.39, 0.29) is 18.9 Å². The molecule has 1 aromatic heterocycles. The van der Waals surface area contributed by atoms with Crippen LogP contribution >= 0.6 is 11.6 Å². The van der Waals surface area contributed by atoms with Gasteiger partial charge in [-0.15, -0.1) is 0 Å². The van der Waals surface area contributed by atoms with Crippen LogP contribution in [0.2, 0.25) is 5.02 Å². The molecule has 2 atom stereocenters. The summed E-state index contributed by atoms with van der Waals surface area (Å²) in [7, 11) is -0.663. The number of amides is 2. The zero-order valence-corrected chi connectivity index (χ0v) is 29.9. The predicted molar refractivity (Wildman–Crippen MR) is 183 cm³/mol. The van der Waals surface area contributed by atoms with E-state index in [9.17, 15) is 9.59 Å². The molecule has 1 aromatic carbocycles. The zero-order valence-electron chi connectivity index (χ0n) is 29.1. The van der Waals surface area contributed by atoms with Crippen molar-refractivity contribution in [3.63, 3.8) is 0 Å². The number of carbonyl (C=O) groups excluding carboxylic acids is 2. The molecule has 0 aliphatic carbocycles. The Balaban J connectivity index is 1.27. The first-order valence-electron chi connectivity index (χ1n) is 16.7. The van der Waals surface area contributed by atoms with Gasteiger partial charge in [0.2, 0.25) is 0 Å². The summed E-state index contributed by atoms with van der Waals surface area (Å²) >= 11 is 6.98. The smallest absolute Gasteiger partial charge is 0.449 e. The van der Waals surface area contributed by atoms with Gasteiger partial charge in [0.05, 0.1) is 35.1 Å². The second-order valence-corrected chi connectivity index (χ2v) is 15.5. The Morgan fingerprint density at radius 3 is 2.53 bits per heavy atom. The molecule has 0 radical (unpaired) electrons. The number of hydrogen-bond donors (Lipinski definition) is 1. The van der Waals surface area contributed by atoms with Gasteiger partial charge in [0.25, 0.3) is 0 Å². The monoisotopic (exact) mass is 672 g/mol. The third-order valence-corrected chi connectivity index (χ3v) is 9.72. The van der Waals surface area contributed by atoms with Crippen molar-refractivity contribution in [3.05, 3.63) is 28.9 Å². The highest BCUT2D eigenvalue weighted by Crippen LogP contribution is 2.39. The van der Waals surface area contributed by atoms with E-state index in [1.165, 1.54) is 0 Å². The van der Waals surface area contributed by atoms with Gasteiger partial charge in [-0.25, -0.2) is 14.3 Å². The molecule has 3 aliphatic heterocycles. The van der Waals surface area contributed by atoms with Crippen LogP contribution in [0, 0.1) is 0 Å². The summed E-state index contributed by atoms with van der Waals surface area (Å²) < 4.78 is 32.0. The van der Waals surface area contributed by atoms with E-state index in [0.717, 1.165) is 54.0 Å². The molecule has 5 rings (SSSR count). The molecule has 3 saturated heterocycles. The lowest BCUT2D eigenvalue weighted by atomic mass is 9.73. The number of hydrogen-bond acceptors (Lipinski definition) is 8. The molecule has 3 aliphatic rings. The summed E-state index contributed by atoms with van der Waals surface area (Å²) in [6, 6.07) is 1.92. The standard InChI is InChI=1S/C34H50BClN4O7/c1-31(2,3)45-30(42)39-17-13-16-34(8,22-39)38-29(41)44-19-11-9-14-23-25(36)20-26-24(21-37-40(26)27-15-10-12-18-43-27)28(23)35-46-32(4,5)33(6,7)47-35/h9,14,20-21,27H,10-13,15-19,22H2,1-8H3,(H,38,41)/b14-9-/t27?,34-/m1/s1. The third kappa shape index (κ3) is 8.09. The van der Waals surface area contributed by atoms with Gasteiger partial charge < -0.3 is 33.7 Å². The number of rotatable bonds is 7. The highest BCUT2D eigenvalue weighted by molar-refractivity contribution is 6.66. The van der Waals surface area contributed by atoms with Gasteiger partial charge in [-0.1, -0.05) is 23.8 Å². The van der Waals surface area contributed by atoms with Gasteiger partial charge in [-0.3, -0.25) is 0 Å². The molecule has 0 saturated carbocycles. The van der Waals surface area contributed by atoms with Gasteiger partial charge in [-0.2, -0.15) is 5.10 Å². The van der Waals surface area contributed by atoms with Gasteiger partial charge >= 0.3 is 19.3 Å². The van der Waals surface area contributed by atoms with Gasteiger partial charge in [0, 0.05) is 35.6 Å². The van der Waals surface area contributed by atoms with Gasteiger partial charge in [0.1, 0.15) is 5.60 Å². The van der Waals surface area contributed by atoms with Crippen LogP contribution in [-0.2, 0) is 23.5 Å². The van der Waals surface area contributed by atoms with Gasteiger partial charge in [0.15, 0.2) is 6.23 Å². The van der Waals surface area contributed by atoms with E-state index in [0.29, 0.717) is 31.1 Å². The number of benzene rings is 1. The molecule has 2 aromatic rings. The average molecular weight is 673 g/mol. The van der Waals surface area contributed by atoms with E-state index in [1.54, 1.807) is 4.90 Å². The summed E-state index contributed by atoms with van der Waals surface area (Å²) in [6.07, 6.45) is 9.59. The largest absolute Gasteiger partial charge is 0.496 e. The zero-order chi connectivity index (χ0) is 34.2. The van der Waals surface area contributed by atoms with Crippen LogP contribution < -0.4 is 10.8 Å². The Bertz CT molecular complexity index is 1480. The Morgan fingerprint density at radius 2 is 1.87 bits per heavy atom. The molecule has 4 heterocycles. The molecule has 258 valence electrons. The molecular formula is C34H50BClN4O7. The fourth-order valence-corrected chi connectivity index (χ4v) is 6.52. The van der Waals surface area contributed by atoms with E-state index >= 15 is 0 Å². The molecule has 13 heteroatoms. The molecule has 1 N–H and O–H groups in total. The van der Waals surface area contributed by atoms with E-state index < -0.39 is 35.6 Å². The first kappa shape index (κ1) is 35.5. The maximum atomic E-state index is 12.8. The topological polar surface area (TPSA) is 113 Å². The maximum absolute atomic E-state index is 12.8. The van der Waals surface area contributed by atoms with E-state index in [2.05, 4.69) is 5.32 Å². The average Bonchev–Trinajstić information content (AvgIpc) is 3.48. The molecule has 3 fully saturated rings. The number of nitrogens with one attached hydrogen (secondary N) is 1. The Hall–Kier alpha value is -2.80. The quantitative estimate of drug-likeness (QED) is 0.258. The summed E-state index contributed by atoms with van der Waals surface area (Å²) in [4.78, 5) is 27.0. The Kier molecular flexibility index (Phi) is 10.3. The van der Waals surface area contributed by atoms with Crippen LogP contribution in [0.1, 0.15) is 106 Å². The molecule has 11 nitrogen and oxygen atoms in total.